The van der Waals surface area contributed by atoms with Crippen molar-refractivity contribution in [3.8, 4) is 0 Å². The minimum atomic E-state index is -2.74. The van der Waals surface area contributed by atoms with Crippen LogP contribution in [0.15, 0.2) is 30.5 Å². The standard InChI is InChI=1S/C16H19F2N3O/c1-4-12(13-9-10(2)7-8-19-13)20-15(22)14-6-5-11(3)21(14)16(17)18/h5-9,12,16H,4H2,1-3H3,(H,20,22)/t12-/m0/s1. The molecule has 2 aromatic heterocycles. The smallest absolute Gasteiger partial charge is 0.319 e. The van der Waals surface area contributed by atoms with Crippen LogP contribution in [0.4, 0.5) is 8.78 Å². The van der Waals surface area contributed by atoms with E-state index < -0.39 is 12.5 Å². The highest BCUT2D eigenvalue weighted by Crippen LogP contribution is 2.21. The van der Waals surface area contributed by atoms with E-state index in [1.807, 2.05) is 26.0 Å². The van der Waals surface area contributed by atoms with E-state index in [0.29, 0.717) is 12.1 Å². The number of hydrogen-bond acceptors (Lipinski definition) is 2. The zero-order valence-electron chi connectivity index (χ0n) is 12.8. The summed E-state index contributed by atoms with van der Waals surface area (Å²) < 4.78 is 26.8. The van der Waals surface area contributed by atoms with Crippen molar-refractivity contribution in [3.05, 3.63) is 53.1 Å². The third-order valence-electron chi connectivity index (χ3n) is 3.56. The Balaban J connectivity index is 2.23. The molecule has 0 unspecified atom stereocenters. The summed E-state index contributed by atoms with van der Waals surface area (Å²) in [6.07, 6.45) is 2.29. The first-order chi connectivity index (χ1) is 10.4. The molecule has 6 heteroatoms. The van der Waals surface area contributed by atoms with Crippen LogP contribution in [0.3, 0.4) is 0 Å². The Morgan fingerprint density at radius 3 is 2.64 bits per heavy atom. The van der Waals surface area contributed by atoms with Gasteiger partial charge in [0.15, 0.2) is 0 Å². The second-order valence-corrected chi connectivity index (χ2v) is 5.20. The van der Waals surface area contributed by atoms with Crippen LogP contribution in [0.25, 0.3) is 0 Å². The molecular weight excluding hydrogens is 288 g/mol. The predicted molar refractivity (Wildman–Crippen MR) is 79.9 cm³/mol. The lowest BCUT2D eigenvalue weighted by Crippen LogP contribution is -2.30. The van der Waals surface area contributed by atoms with E-state index in [1.165, 1.54) is 12.1 Å². The molecular formula is C16H19F2N3O. The molecule has 0 saturated carbocycles. The van der Waals surface area contributed by atoms with E-state index in [0.717, 1.165) is 15.8 Å². The SMILES string of the molecule is CC[C@H](NC(=O)c1ccc(C)n1C(F)F)c1cc(C)ccn1. The Morgan fingerprint density at radius 1 is 1.32 bits per heavy atom. The number of carbonyl (C=O) groups is 1. The lowest BCUT2D eigenvalue weighted by molar-refractivity contribution is 0.0613. The summed E-state index contributed by atoms with van der Waals surface area (Å²) in [6, 6.07) is 6.35. The molecule has 0 saturated heterocycles. The van der Waals surface area contributed by atoms with Gasteiger partial charge in [-0.25, -0.2) is 0 Å². The summed E-state index contributed by atoms with van der Waals surface area (Å²) in [6.45, 7) is 2.65. The molecule has 2 aromatic rings. The number of aromatic nitrogens is 2. The van der Waals surface area contributed by atoms with Crippen LogP contribution in [0.2, 0.25) is 0 Å². The molecule has 118 valence electrons. The number of amides is 1. The van der Waals surface area contributed by atoms with Gasteiger partial charge in [-0.15, -0.1) is 0 Å². The van der Waals surface area contributed by atoms with Gasteiger partial charge < -0.3 is 5.32 Å². The van der Waals surface area contributed by atoms with Gasteiger partial charge >= 0.3 is 6.55 Å². The van der Waals surface area contributed by atoms with E-state index in [-0.39, 0.29) is 11.7 Å². The average Bonchev–Trinajstić information content (AvgIpc) is 2.86. The molecule has 0 aliphatic heterocycles. The highest BCUT2D eigenvalue weighted by Gasteiger charge is 2.22. The van der Waals surface area contributed by atoms with Crippen molar-refractivity contribution in [1.29, 1.82) is 0 Å². The summed E-state index contributed by atoms with van der Waals surface area (Å²) in [4.78, 5) is 16.6. The van der Waals surface area contributed by atoms with Gasteiger partial charge in [-0.1, -0.05) is 6.92 Å². The molecule has 4 nitrogen and oxygen atoms in total. The molecule has 2 heterocycles. The minimum absolute atomic E-state index is 0.0430. The van der Waals surface area contributed by atoms with Crippen LogP contribution in [-0.2, 0) is 0 Å². The summed E-state index contributed by atoms with van der Waals surface area (Å²) in [7, 11) is 0. The number of nitrogens with one attached hydrogen (secondary N) is 1. The van der Waals surface area contributed by atoms with Gasteiger partial charge in [-0.2, -0.15) is 8.78 Å². The summed E-state index contributed by atoms with van der Waals surface area (Å²) in [5.41, 5.74) is 2.06. The van der Waals surface area contributed by atoms with E-state index in [4.69, 9.17) is 0 Å². The fourth-order valence-corrected chi connectivity index (χ4v) is 2.36. The summed E-state index contributed by atoms with van der Waals surface area (Å²) in [5.74, 6) is -0.524. The second-order valence-electron chi connectivity index (χ2n) is 5.20. The lowest BCUT2D eigenvalue weighted by atomic mass is 10.1. The minimum Gasteiger partial charge on any atom is -0.342 e. The van der Waals surface area contributed by atoms with E-state index in [1.54, 1.807) is 13.1 Å². The Morgan fingerprint density at radius 2 is 2.05 bits per heavy atom. The normalized spacial score (nSPS) is 12.5. The maximum absolute atomic E-state index is 13.0. The molecule has 0 fully saturated rings. The van der Waals surface area contributed by atoms with Crippen molar-refractivity contribution < 1.29 is 13.6 Å². The van der Waals surface area contributed by atoms with Crippen molar-refractivity contribution in [2.24, 2.45) is 0 Å². The molecule has 1 amide bonds. The third-order valence-corrected chi connectivity index (χ3v) is 3.56. The number of halogens is 2. The fraction of sp³-hybridized carbons (Fsp3) is 0.375. The third kappa shape index (κ3) is 3.32. The summed E-state index contributed by atoms with van der Waals surface area (Å²) >= 11 is 0. The monoisotopic (exact) mass is 307 g/mol. The number of alkyl halides is 2. The van der Waals surface area contributed by atoms with Crippen LogP contribution < -0.4 is 5.32 Å². The molecule has 0 aliphatic carbocycles. The van der Waals surface area contributed by atoms with Crippen LogP contribution in [0.1, 0.15) is 53.4 Å². The van der Waals surface area contributed by atoms with E-state index in [2.05, 4.69) is 10.3 Å². The number of pyridine rings is 1. The van der Waals surface area contributed by atoms with E-state index in [9.17, 15) is 13.6 Å². The van der Waals surface area contributed by atoms with Gasteiger partial charge in [0.05, 0.1) is 11.7 Å². The number of hydrogen-bond donors (Lipinski definition) is 1. The number of carbonyl (C=O) groups excluding carboxylic acids is 1. The Hall–Kier alpha value is -2.24. The molecule has 1 N–H and O–H groups in total. The van der Waals surface area contributed by atoms with Crippen LogP contribution >= 0.6 is 0 Å². The highest BCUT2D eigenvalue weighted by atomic mass is 19.3. The second kappa shape index (κ2) is 6.68. The molecule has 1 atom stereocenters. The molecule has 22 heavy (non-hydrogen) atoms. The highest BCUT2D eigenvalue weighted by molar-refractivity contribution is 5.93. The lowest BCUT2D eigenvalue weighted by Gasteiger charge is -2.18. The zero-order valence-corrected chi connectivity index (χ0v) is 12.8. The molecule has 0 spiro atoms. The van der Waals surface area contributed by atoms with Gasteiger partial charge in [0, 0.05) is 11.9 Å². The first-order valence-corrected chi connectivity index (χ1v) is 7.13. The molecule has 0 bridgehead atoms. The molecule has 0 aliphatic rings. The van der Waals surface area contributed by atoms with Crippen LogP contribution in [0.5, 0.6) is 0 Å². The Kier molecular flexibility index (Phi) is 4.90. The van der Waals surface area contributed by atoms with Crippen LogP contribution in [-0.4, -0.2) is 15.5 Å². The average molecular weight is 307 g/mol. The number of rotatable bonds is 5. The number of nitrogens with zero attached hydrogens (tertiary/aromatic N) is 2. The molecule has 2 rings (SSSR count). The Labute approximate surface area is 128 Å². The maximum atomic E-state index is 13.0. The first-order valence-electron chi connectivity index (χ1n) is 7.13. The topological polar surface area (TPSA) is 46.9 Å². The van der Waals surface area contributed by atoms with Gasteiger partial charge in [0.25, 0.3) is 5.91 Å². The van der Waals surface area contributed by atoms with Crippen molar-refractivity contribution >= 4 is 5.91 Å². The first kappa shape index (κ1) is 16.1. The van der Waals surface area contributed by atoms with Gasteiger partial charge in [0.1, 0.15) is 5.69 Å². The molecule has 0 aromatic carbocycles. The van der Waals surface area contributed by atoms with Gasteiger partial charge in [0.2, 0.25) is 0 Å². The maximum Gasteiger partial charge on any atom is 0.319 e. The quantitative estimate of drug-likeness (QED) is 0.914. The van der Waals surface area contributed by atoms with Crippen LogP contribution in [0, 0.1) is 13.8 Å². The largest absolute Gasteiger partial charge is 0.342 e. The van der Waals surface area contributed by atoms with E-state index >= 15 is 0 Å². The summed E-state index contributed by atoms with van der Waals surface area (Å²) in [5, 5.41) is 2.78. The fourth-order valence-electron chi connectivity index (χ4n) is 2.36. The van der Waals surface area contributed by atoms with Gasteiger partial charge in [-0.05, 0) is 50.1 Å². The molecule has 0 radical (unpaired) electrons. The van der Waals surface area contributed by atoms with Crippen molar-refractivity contribution in [2.75, 3.05) is 0 Å². The van der Waals surface area contributed by atoms with Gasteiger partial charge in [-0.3, -0.25) is 14.3 Å². The van der Waals surface area contributed by atoms with Crippen molar-refractivity contribution in [2.45, 2.75) is 39.8 Å². The predicted octanol–water partition coefficient (Wildman–Crippen LogP) is 3.78. The number of aryl methyl sites for hydroxylation is 2. The zero-order chi connectivity index (χ0) is 16.3. The van der Waals surface area contributed by atoms with Crippen molar-refractivity contribution in [1.82, 2.24) is 14.9 Å². The van der Waals surface area contributed by atoms with Crippen molar-refractivity contribution in [3.63, 3.8) is 0 Å². The Bertz CT molecular complexity index is 667.